The van der Waals surface area contributed by atoms with Crippen molar-refractivity contribution in [1.82, 2.24) is 0 Å². The van der Waals surface area contributed by atoms with Crippen molar-refractivity contribution in [3.8, 4) is 0 Å². The SMILES string of the molecule is CC(Cc1ccc(N2CCOCC2)c(Cl)c1)C(=O)O. The average molecular weight is 284 g/mol. The van der Waals surface area contributed by atoms with Gasteiger partial charge in [0.05, 0.1) is 29.8 Å². The zero-order valence-electron chi connectivity index (χ0n) is 10.9. The number of halogens is 1. The lowest BCUT2D eigenvalue weighted by molar-refractivity contribution is -0.141. The highest BCUT2D eigenvalue weighted by Gasteiger charge is 2.16. The van der Waals surface area contributed by atoms with Gasteiger partial charge in [-0.2, -0.15) is 0 Å². The van der Waals surface area contributed by atoms with Crippen molar-refractivity contribution in [3.05, 3.63) is 28.8 Å². The smallest absolute Gasteiger partial charge is 0.306 e. The quantitative estimate of drug-likeness (QED) is 0.922. The number of morpholine rings is 1. The molecule has 19 heavy (non-hydrogen) atoms. The molecule has 1 heterocycles. The van der Waals surface area contributed by atoms with Gasteiger partial charge in [0.15, 0.2) is 0 Å². The summed E-state index contributed by atoms with van der Waals surface area (Å²) in [4.78, 5) is 13.0. The number of benzene rings is 1. The van der Waals surface area contributed by atoms with E-state index in [1.165, 1.54) is 0 Å². The van der Waals surface area contributed by atoms with Crippen LogP contribution in [0.15, 0.2) is 18.2 Å². The first-order valence-electron chi connectivity index (χ1n) is 6.42. The minimum Gasteiger partial charge on any atom is -0.481 e. The van der Waals surface area contributed by atoms with E-state index >= 15 is 0 Å². The molecule has 0 aliphatic carbocycles. The Kier molecular flexibility index (Phi) is 4.66. The van der Waals surface area contributed by atoms with Crippen molar-refractivity contribution >= 4 is 23.3 Å². The first kappa shape index (κ1) is 14.2. The number of hydrogen-bond acceptors (Lipinski definition) is 3. The molecule has 5 heteroatoms. The maximum atomic E-state index is 10.8. The molecule has 0 bridgehead atoms. The van der Waals surface area contributed by atoms with Crippen LogP contribution in [-0.2, 0) is 16.0 Å². The first-order valence-corrected chi connectivity index (χ1v) is 6.79. The number of hydrogen-bond donors (Lipinski definition) is 1. The summed E-state index contributed by atoms with van der Waals surface area (Å²) in [7, 11) is 0. The molecule has 0 radical (unpaired) electrons. The highest BCUT2D eigenvalue weighted by molar-refractivity contribution is 6.33. The van der Waals surface area contributed by atoms with Gasteiger partial charge in [0.1, 0.15) is 0 Å². The predicted octanol–water partition coefficient (Wildman–Crippen LogP) is 2.44. The van der Waals surface area contributed by atoms with Crippen LogP contribution in [0.3, 0.4) is 0 Å². The number of rotatable bonds is 4. The van der Waals surface area contributed by atoms with E-state index in [2.05, 4.69) is 4.90 Å². The van der Waals surface area contributed by atoms with Gasteiger partial charge in [0.25, 0.3) is 0 Å². The molecule has 1 fully saturated rings. The van der Waals surface area contributed by atoms with Crippen LogP contribution < -0.4 is 4.90 Å². The second kappa shape index (κ2) is 6.26. The van der Waals surface area contributed by atoms with Crippen LogP contribution in [0, 0.1) is 5.92 Å². The van der Waals surface area contributed by atoms with Gasteiger partial charge in [-0.05, 0) is 24.1 Å². The Morgan fingerprint density at radius 3 is 2.74 bits per heavy atom. The van der Waals surface area contributed by atoms with E-state index in [-0.39, 0.29) is 0 Å². The third kappa shape index (κ3) is 3.61. The van der Waals surface area contributed by atoms with Crippen molar-refractivity contribution in [1.29, 1.82) is 0 Å². The fraction of sp³-hybridized carbons (Fsp3) is 0.500. The molecule has 0 aromatic heterocycles. The fourth-order valence-electron chi connectivity index (χ4n) is 2.18. The topological polar surface area (TPSA) is 49.8 Å². The summed E-state index contributed by atoms with van der Waals surface area (Å²) < 4.78 is 5.31. The van der Waals surface area contributed by atoms with E-state index in [1.54, 1.807) is 6.92 Å². The Bertz CT molecular complexity index is 458. The maximum absolute atomic E-state index is 10.8. The first-order chi connectivity index (χ1) is 9.08. The lowest BCUT2D eigenvalue weighted by Gasteiger charge is -2.29. The van der Waals surface area contributed by atoms with E-state index < -0.39 is 11.9 Å². The van der Waals surface area contributed by atoms with Crippen LogP contribution in [0.25, 0.3) is 0 Å². The van der Waals surface area contributed by atoms with Crippen molar-refractivity contribution in [2.24, 2.45) is 5.92 Å². The number of anilines is 1. The molecule has 4 nitrogen and oxygen atoms in total. The fourth-order valence-corrected chi connectivity index (χ4v) is 2.50. The normalized spacial score (nSPS) is 17.3. The summed E-state index contributed by atoms with van der Waals surface area (Å²) in [5.41, 5.74) is 1.95. The molecule has 0 saturated carbocycles. The third-order valence-electron chi connectivity index (χ3n) is 3.33. The number of carbonyl (C=O) groups is 1. The van der Waals surface area contributed by atoms with Crippen LogP contribution >= 0.6 is 11.6 Å². The number of carboxylic acid groups (broad SMARTS) is 1. The highest BCUT2D eigenvalue weighted by Crippen LogP contribution is 2.28. The van der Waals surface area contributed by atoms with Crippen LogP contribution in [0.2, 0.25) is 5.02 Å². The van der Waals surface area contributed by atoms with Crippen molar-refractivity contribution < 1.29 is 14.6 Å². The predicted molar refractivity (Wildman–Crippen MR) is 75.0 cm³/mol. The monoisotopic (exact) mass is 283 g/mol. The van der Waals surface area contributed by atoms with E-state index in [0.717, 1.165) is 24.3 Å². The average Bonchev–Trinajstić information content (AvgIpc) is 2.39. The number of carboxylic acids is 1. The van der Waals surface area contributed by atoms with Crippen LogP contribution in [0.1, 0.15) is 12.5 Å². The molecule has 1 aliphatic heterocycles. The molecule has 1 aromatic carbocycles. The summed E-state index contributed by atoms with van der Waals surface area (Å²) in [6.07, 6.45) is 0.498. The van der Waals surface area contributed by atoms with E-state index in [4.69, 9.17) is 21.4 Å². The molecule has 1 atom stereocenters. The number of aliphatic carboxylic acids is 1. The van der Waals surface area contributed by atoms with Crippen LogP contribution in [0.4, 0.5) is 5.69 Å². The Morgan fingerprint density at radius 1 is 1.47 bits per heavy atom. The summed E-state index contributed by atoms with van der Waals surface area (Å²) in [6.45, 7) is 4.81. The van der Waals surface area contributed by atoms with Crippen molar-refractivity contribution in [2.45, 2.75) is 13.3 Å². The maximum Gasteiger partial charge on any atom is 0.306 e. The summed E-state index contributed by atoms with van der Waals surface area (Å²) in [6, 6.07) is 5.79. The molecule has 0 spiro atoms. The standard InChI is InChI=1S/C14H18ClNO3/c1-10(14(17)18)8-11-2-3-13(12(15)9-11)16-4-6-19-7-5-16/h2-3,9-10H,4-8H2,1H3,(H,17,18). The van der Waals surface area contributed by atoms with Gasteiger partial charge < -0.3 is 14.7 Å². The van der Waals surface area contributed by atoms with Crippen LogP contribution in [-0.4, -0.2) is 37.4 Å². The molecular weight excluding hydrogens is 266 g/mol. The molecule has 1 unspecified atom stereocenters. The highest BCUT2D eigenvalue weighted by atomic mass is 35.5. The van der Waals surface area contributed by atoms with Gasteiger partial charge in [-0.1, -0.05) is 24.6 Å². The van der Waals surface area contributed by atoms with Gasteiger partial charge in [0.2, 0.25) is 0 Å². The summed E-state index contributed by atoms with van der Waals surface area (Å²) in [5, 5.41) is 9.59. The van der Waals surface area contributed by atoms with E-state index in [1.807, 2.05) is 18.2 Å². The minimum atomic E-state index is -0.784. The lowest BCUT2D eigenvalue weighted by Crippen LogP contribution is -2.36. The lowest BCUT2D eigenvalue weighted by atomic mass is 10.0. The molecule has 1 N–H and O–H groups in total. The Balaban J connectivity index is 2.10. The van der Waals surface area contributed by atoms with Gasteiger partial charge >= 0.3 is 5.97 Å². The summed E-state index contributed by atoms with van der Waals surface area (Å²) >= 11 is 6.30. The number of nitrogens with zero attached hydrogens (tertiary/aromatic N) is 1. The Labute approximate surface area is 117 Å². The van der Waals surface area contributed by atoms with E-state index in [9.17, 15) is 4.79 Å². The largest absolute Gasteiger partial charge is 0.481 e. The second-order valence-electron chi connectivity index (χ2n) is 4.83. The third-order valence-corrected chi connectivity index (χ3v) is 3.63. The minimum absolute atomic E-state index is 0.398. The Hall–Kier alpha value is -1.26. The van der Waals surface area contributed by atoms with Gasteiger partial charge in [-0.3, -0.25) is 4.79 Å². The molecule has 2 rings (SSSR count). The van der Waals surface area contributed by atoms with Crippen molar-refractivity contribution in [2.75, 3.05) is 31.2 Å². The van der Waals surface area contributed by atoms with Gasteiger partial charge in [-0.15, -0.1) is 0 Å². The van der Waals surface area contributed by atoms with Gasteiger partial charge in [0, 0.05) is 13.1 Å². The molecule has 104 valence electrons. The zero-order chi connectivity index (χ0) is 13.8. The second-order valence-corrected chi connectivity index (χ2v) is 5.24. The number of ether oxygens (including phenoxy) is 1. The zero-order valence-corrected chi connectivity index (χ0v) is 11.7. The van der Waals surface area contributed by atoms with Crippen molar-refractivity contribution in [3.63, 3.8) is 0 Å². The molecule has 1 saturated heterocycles. The Morgan fingerprint density at radius 2 is 2.16 bits per heavy atom. The molecular formula is C14H18ClNO3. The van der Waals surface area contributed by atoms with Crippen LogP contribution in [0.5, 0.6) is 0 Å². The molecule has 1 aromatic rings. The van der Waals surface area contributed by atoms with Gasteiger partial charge in [-0.25, -0.2) is 0 Å². The summed E-state index contributed by atoms with van der Waals surface area (Å²) in [5.74, 6) is -1.18. The molecule has 1 aliphatic rings. The molecule has 0 amide bonds. The van der Waals surface area contributed by atoms with E-state index in [0.29, 0.717) is 24.7 Å².